The second-order valence-electron chi connectivity index (χ2n) is 7.05. The Labute approximate surface area is 178 Å². The minimum atomic E-state index is -3.00. The highest BCUT2D eigenvalue weighted by Gasteiger charge is 2.32. The monoisotopic (exact) mass is 450 g/mol. The lowest BCUT2D eigenvalue weighted by Gasteiger charge is -2.11. The molecule has 29 heavy (non-hydrogen) atoms. The molecule has 152 valence electrons. The Hall–Kier alpha value is -2.10. The van der Waals surface area contributed by atoms with Crippen LogP contribution < -0.4 is 5.32 Å². The zero-order chi connectivity index (χ0) is 20.8. The average Bonchev–Trinajstić information content (AvgIpc) is 3.28. The van der Waals surface area contributed by atoms with Crippen LogP contribution in [0.2, 0.25) is 5.02 Å². The molecule has 0 aliphatic carbocycles. The molecule has 10 heteroatoms. The van der Waals surface area contributed by atoms with E-state index in [1.165, 1.54) is 0 Å². The zero-order valence-electron chi connectivity index (χ0n) is 15.8. The molecule has 2 aromatic rings. The molecule has 2 saturated heterocycles. The Kier molecular flexibility index (Phi) is 5.30. The van der Waals surface area contributed by atoms with E-state index in [4.69, 9.17) is 11.6 Å². The van der Waals surface area contributed by atoms with E-state index in [9.17, 15) is 13.2 Å². The van der Waals surface area contributed by atoms with Gasteiger partial charge < -0.3 is 5.32 Å². The summed E-state index contributed by atoms with van der Waals surface area (Å²) >= 11 is 6.99. The molecule has 1 atom stereocenters. The number of halogens is 1. The van der Waals surface area contributed by atoms with Crippen LogP contribution in [-0.4, -0.2) is 40.8 Å². The van der Waals surface area contributed by atoms with Crippen LogP contribution in [0.3, 0.4) is 0 Å². The summed E-state index contributed by atoms with van der Waals surface area (Å²) in [6.45, 7) is 3.80. The molecular formula is C19H19ClN4O3S2. The maximum atomic E-state index is 12.0. The summed E-state index contributed by atoms with van der Waals surface area (Å²) in [5.74, 6) is 0.777. The minimum absolute atomic E-state index is 0.114. The van der Waals surface area contributed by atoms with Crippen molar-refractivity contribution in [1.29, 1.82) is 0 Å². The van der Waals surface area contributed by atoms with E-state index in [0.717, 1.165) is 28.7 Å². The molecule has 7 nitrogen and oxygen atoms in total. The molecule has 2 aliphatic heterocycles. The number of thioether (sulfide) groups is 1. The summed E-state index contributed by atoms with van der Waals surface area (Å²) in [6, 6.07) is 6.88. The Morgan fingerprint density at radius 1 is 1.31 bits per heavy atom. The molecule has 0 saturated carbocycles. The number of nitrogens with one attached hydrogen (secondary N) is 1. The lowest BCUT2D eigenvalue weighted by atomic mass is 10.1. The van der Waals surface area contributed by atoms with Gasteiger partial charge in [-0.15, -0.1) is 0 Å². The van der Waals surface area contributed by atoms with Crippen molar-refractivity contribution in [3.8, 4) is 0 Å². The number of nitrogens with zero attached hydrogens (tertiary/aromatic N) is 3. The number of sulfone groups is 1. The molecule has 1 aromatic carbocycles. The number of benzene rings is 1. The third-order valence-electron chi connectivity index (χ3n) is 4.93. The number of carbonyl (C=O) groups excluding carboxylic acids is 1. The van der Waals surface area contributed by atoms with E-state index >= 15 is 0 Å². The van der Waals surface area contributed by atoms with Gasteiger partial charge in [0.2, 0.25) is 0 Å². The van der Waals surface area contributed by atoms with Crippen molar-refractivity contribution in [2.75, 3.05) is 11.5 Å². The second kappa shape index (κ2) is 7.62. The van der Waals surface area contributed by atoms with Crippen molar-refractivity contribution in [3.63, 3.8) is 0 Å². The number of amidine groups is 1. The van der Waals surface area contributed by atoms with Gasteiger partial charge in [0.05, 0.1) is 33.8 Å². The van der Waals surface area contributed by atoms with E-state index in [0.29, 0.717) is 27.9 Å². The van der Waals surface area contributed by atoms with Crippen molar-refractivity contribution in [2.24, 2.45) is 4.99 Å². The third-order valence-corrected chi connectivity index (χ3v) is 7.76. The van der Waals surface area contributed by atoms with Crippen LogP contribution in [0.4, 0.5) is 10.5 Å². The first-order valence-corrected chi connectivity index (χ1v) is 12.0. The largest absolute Gasteiger partial charge is 0.300 e. The highest BCUT2D eigenvalue weighted by Crippen LogP contribution is 2.32. The van der Waals surface area contributed by atoms with Crippen LogP contribution >= 0.6 is 23.4 Å². The average molecular weight is 451 g/mol. The van der Waals surface area contributed by atoms with Gasteiger partial charge in [0, 0.05) is 16.3 Å². The maximum Gasteiger partial charge on any atom is 0.289 e. The summed E-state index contributed by atoms with van der Waals surface area (Å²) < 4.78 is 25.5. The molecule has 1 unspecified atom stereocenters. The topological polar surface area (TPSA) is 93.4 Å². The standard InChI is InChI=1S/C19H19ClN4O3S2/c1-11-16(12(2)24(23-11)15-7-8-29(26,27)10-15)9-17-18(22-19(25)28-17)21-14-5-3-13(20)4-6-14/h3-6,9,15H,7-8,10H2,1-2H3,(H,21,22,25)/b17-9-. The lowest BCUT2D eigenvalue weighted by molar-refractivity contribution is 0.265. The quantitative estimate of drug-likeness (QED) is 0.761. The highest BCUT2D eigenvalue weighted by molar-refractivity contribution is 8.18. The van der Waals surface area contributed by atoms with Crippen LogP contribution in [0.15, 0.2) is 34.2 Å². The van der Waals surface area contributed by atoms with E-state index in [1.807, 2.05) is 19.9 Å². The first-order chi connectivity index (χ1) is 13.7. The van der Waals surface area contributed by atoms with Crippen molar-refractivity contribution in [2.45, 2.75) is 26.3 Å². The third kappa shape index (κ3) is 4.26. The van der Waals surface area contributed by atoms with E-state index < -0.39 is 9.84 Å². The van der Waals surface area contributed by atoms with Gasteiger partial charge in [-0.2, -0.15) is 5.10 Å². The van der Waals surface area contributed by atoms with Crippen LogP contribution in [0.5, 0.6) is 0 Å². The van der Waals surface area contributed by atoms with Gasteiger partial charge in [0.1, 0.15) is 5.84 Å². The van der Waals surface area contributed by atoms with E-state index in [1.54, 1.807) is 28.9 Å². The van der Waals surface area contributed by atoms with Crippen LogP contribution in [0, 0.1) is 13.8 Å². The fourth-order valence-corrected chi connectivity index (χ4v) is 6.03. The van der Waals surface area contributed by atoms with Crippen LogP contribution in [0.25, 0.3) is 6.08 Å². The first-order valence-electron chi connectivity index (χ1n) is 9.03. The molecule has 2 fully saturated rings. The predicted molar refractivity (Wildman–Crippen MR) is 117 cm³/mol. The highest BCUT2D eigenvalue weighted by atomic mass is 35.5. The van der Waals surface area contributed by atoms with Gasteiger partial charge in [-0.05, 0) is 62.4 Å². The molecular weight excluding hydrogens is 432 g/mol. The summed E-state index contributed by atoms with van der Waals surface area (Å²) in [7, 11) is -3.00. The predicted octanol–water partition coefficient (Wildman–Crippen LogP) is 4.04. The number of rotatable bonds is 3. The zero-order valence-corrected chi connectivity index (χ0v) is 18.2. The van der Waals surface area contributed by atoms with Gasteiger partial charge in [0.15, 0.2) is 9.84 Å². The summed E-state index contributed by atoms with van der Waals surface area (Å²) in [4.78, 5) is 17.2. The minimum Gasteiger partial charge on any atom is -0.300 e. The Morgan fingerprint density at radius 2 is 2.03 bits per heavy atom. The normalized spacial score (nSPS) is 23.8. The molecule has 0 bridgehead atoms. The number of carbonyl (C=O) groups is 1. The second-order valence-corrected chi connectivity index (χ2v) is 10.7. The molecule has 4 rings (SSSR count). The number of aliphatic imine (C=N–C) groups is 1. The number of hydrogen-bond donors (Lipinski definition) is 1. The molecule has 3 heterocycles. The lowest BCUT2D eigenvalue weighted by Crippen LogP contribution is -2.18. The van der Waals surface area contributed by atoms with E-state index in [2.05, 4.69) is 15.4 Å². The number of hydrogen-bond acceptors (Lipinski definition) is 6. The first kappa shape index (κ1) is 20.2. The van der Waals surface area contributed by atoms with Gasteiger partial charge in [-0.1, -0.05) is 11.6 Å². The number of amides is 1. The molecule has 0 radical (unpaired) electrons. The van der Waals surface area contributed by atoms with E-state index in [-0.39, 0.29) is 22.8 Å². The Morgan fingerprint density at radius 3 is 2.69 bits per heavy atom. The van der Waals surface area contributed by atoms with Crippen LogP contribution in [0.1, 0.15) is 29.4 Å². The fraction of sp³-hybridized carbons (Fsp3) is 0.316. The number of aryl methyl sites for hydroxylation is 1. The Balaban J connectivity index is 1.69. The maximum absolute atomic E-state index is 12.0. The number of aromatic nitrogens is 2. The van der Waals surface area contributed by atoms with Crippen molar-refractivity contribution >= 4 is 56.0 Å². The smallest absolute Gasteiger partial charge is 0.289 e. The molecule has 2 aliphatic rings. The molecule has 1 aromatic heterocycles. The van der Waals surface area contributed by atoms with Gasteiger partial charge in [0.25, 0.3) is 5.24 Å². The van der Waals surface area contributed by atoms with Gasteiger partial charge >= 0.3 is 0 Å². The van der Waals surface area contributed by atoms with Gasteiger partial charge in [-0.3, -0.25) is 9.48 Å². The summed E-state index contributed by atoms with van der Waals surface area (Å²) in [5, 5.41) is 7.75. The summed E-state index contributed by atoms with van der Waals surface area (Å²) in [6.07, 6.45) is 2.45. The van der Waals surface area contributed by atoms with Crippen LogP contribution in [-0.2, 0) is 9.84 Å². The van der Waals surface area contributed by atoms with Crippen molar-refractivity contribution < 1.29 is 13.2 Å². The molecule has 1 N–H and O–H groups in total. The fourth-order valence-electron chi connectivity index (χ4n) is 3.50. The summed E-state index contributed by atoms with van der Waals surface area (Å²) in [5.41, 5.74) is 3.21. The SMILES string of the molecule is Cc1nn(C2CCS(=O)(=O)C2)c(C)c1/C=C1\SC(=O)NC1=Nc1ccc(Cl)cc1. The van der Waals surface area contributed by atoms with Crippen molar-refractivity contribution in [1.82, 2.24) is 15.1 Å². The van der Waals surface area contributed by atoms with Crippen molar-refractivity contribution in [3.05, 3.63) is 51.1 Å². The molecule has 1 amide bonds. The van der Waals surface area contributed by atoms with Gasteiger partial charge in [-0.25, -0.2) is 13.4 Å². The molecule has 0 spiro atoms. The Bertz CT molecular complexity index is 1150.